The summed E-state index contributed by atoms with van der Waals surface area (Å²) in [6.07, 6.45) is 0.278. The first kappa shape index (κ1) is 10.9. The highest BCUT2D eigenvalue weighted by Crippen LogP contribution is 1.98. The van der Waals surface area contributed by atoms with Crippen molar-refractivity contribution in [2.45, 2.75) is 26.1 Å². The van der Waals surface area contributed by atoms with Crippen LogP contribution in [0.2, 0.25) is 0 Å². The van der Waals surface area contributed by atoms with Gasteiger partial charge in [-0.3, -0.25) is 9.36 Å². The van der Waals surface area contributed by atoms with Crippen molar-refractivity contribution in [2.75, 3.05) is 13.6 Å². The third kappa shape index (κ3) is 1.99. The molecule has 7 nitrogen and oxygen atoms in total. The zero-order chi connectivity index (χ0) is 11.5. The number of hydrogen-bond acceptors (Lipinski definition) is 4. The molecule has 0 atom stereocenters. The van der Waals surface area contributed by atoms with E-state index in [0.717, 1.165) is 12.4 Å². The van der Waals surface area contributed by atoms with E-state index in [0.29, 0.717) is 19.6 Å². The number of nitrogens with one attached hydrogen (secondary N) is 2. The van der Waals surface area contributed by atoms with Crippen LogP contribution >= 0.6 is 0 Å². The summed E-state index contributed by atoms with van der Waals surface area (Å²) >= 11 is 0. The van der Waals surface area contributed by atoms with Gasteiger partial charge in [0.2, 0.25) is 5.91 Å². The molecule has 0 bridgehead atoms. The van der Waals surface area contributed by atoms with Gasteiger partial charge in [0.25, 0.3) is 0 Å². The summed E-state index contributed by atoms with van der Waals surface area (Å²) < 4.78 is 3.01. The van der Waals surface area contributed by atoms with Crippen molar-refractivity contribution in [3.05, 3.63) is 16.3 Å². The molecular formula is C9H15N5O2. The predicted octanol–water partition coefficient (Wildman–Crippen LogP) is -1.72. The highest BCUT2D eigenvalue weighted by Gasteiger charge is 2.16. The SMILES string of the molecule is CNC(=O)CCn1nc2n(c1=O)CCNC2. The molecule has 1 aliphatic heterocycles. The Morgan fingerprint density at radius 3 is 3.12 bits per heavy atom. The summed E-state index contributed by atoms with van der Waals surface area (Å²) in [5.74, 6) is 0.657. The van der Waals surface area contributed by atoms with Crippen molar-refractivity contribution in [3.63, 3.8) is 0 Å². The summed E-state index contributed by atoms with van der Waals surface area (Å²) in [6.45, 7) is 2.38. The molecule has 0 saturated carbocycles. The fraction of sp³-hybridized carbons (Fsp3) is 0.667. The molecule has 0 saturated heterocycles. The molecular weight excluding hydrogens is 210 g/mol. The van der Waals surface area contributed by atoms with E-state index in [4.69, 9.17) is 0 Å². The van der Waals surface area contributed by atoms with Crippen molar-refractivity contribution in [2.24, 2.45) is 0 Å². The molecule has 7 heteroatoms. The highest BCUT2D eigenvalue weighted by molar-refractivity contribution is 5.75. The van der Waals surface area contributed by atoms with Crippen LogP contribution in [0.4, 0.5) is 0 Å². The first-order valence-corrected chi connectivity index (χ1v) is 5.30. The smallest absolute Gasteiger partial charge is 0.346 e. The molecule has 0 spiro atoms. The Hall–Kier alpha value is -1.63. The minimum absolute atomic E-state index is 0.0870. The third-order valence-electron chi connectivity index (χ3n) is 2.62. The fourth-order valence-electron chi connectivity index (χ4n) is 1.71. The zero-order valence-corrected chi connectivity index (χ0v) is 9.19. The lowest BCUT2D eigenvalue weighted by atomic mass is 10.4. The molecule has 0 fully saturated rings. The predicted molar refractivity (Wildman–Crippen MR) is 56.9 cm³/mol. The molecule has 1 amide bonds. The molecule has 88 valence electrons. The lowest BCUT2D eigenvalue weighted by Gasteiger charge is -2.11. The number of nitrogens with zero attached hydrogens (tertiary/aromatic N) is 3. The number of hydrogen-bond donors (Lipinski definition) is 2. The summed E-state index contributed by atoms with van der Waals surface area (Å²) in [5.41, 5.74) is -0.125. The number of aryl methyl sites for hydroxylation is 1. The van der Waals surface area contributed by atoms with Crippen LogP contribution in [0.25, 0.3) is 0 Å². The Morgan fingerprint density at radius 2 is 2.44 bits per heavy atom. The molecule has 1 aliphatic rings. The van der Waals surface area contributed by atoms with Crippen molar-refractivity contribution in [3.8, 4) is 0 Å². The third-order valence-corrected chi connectivity index (χ3v) is 2.62. The van der Waals surface area contributed by atoms with Crippen LogP contribution in [0.3, 0.4) is 0 Å². The molecule has 1 aromatic rings. The monoisotopic (exact) mass is 225 g/mol. The number of fused-ring (bicyclic) bond motifs is 1. The second-order valence-electron chi connectivity index (χ2n) is 3.67. The van der Waals surface area contributed by atoms with Gasteiger partial charge in [0.1, 0.15) is 5.82 Å². The minimum Gasteiger partial charge on any atom is -0.359 e. The Kier molecular flexibility index (Phi) is 3.04. The van der Waals surface area contributed by atoms with Gasteiger partial charge in [-0.1, -0.05) is 0 Å². The van der Waals surface area contributed by atoms with Crippen molar-refractivity contribution >= 4 is 5.91 Å². The number of rotatable bonds is 3. The fourth-order valence-corrected chi connectivity index (χ4v) is 1.71. The van der Waals surface area contributed by atoms with Crippen molar-refractivity contribution in [1.82, 2.24) is 25.0 Å². The molecule has 2 heterocycles. The number of aromatic nitrogens is 3. The Balaban J connectivity index is 2.13. The molecule has 1 aromatic heterocycles. The van der Waals surface area contributed by atoms with E-state index in [-0.39, 0.29) is 18.0 Å². The zero-order valence-electron chi connectivity index (χ0n) is 9.19. The Labute approximate surface area is 92.4 Å². The van der Waals surface area contributed by atoms with Gasteiger partial charge in [-0.05, 0) is 0 Å². The van der Waals surface area contributed by atoms with Crippen molar-refractivity contribution in [1.29, 1.82) is 0 Å². The van der Waals surface area contributed by atoms with E-state index in [1.54, 1.807) is 11.6 Å². The highest BCUT2D eigenvalue weighted by atomic mass is 16.2. The van der Waals surface area contributed by atoms with E-state index in [1.165, 1.54) is 4.68 Å². The normalized spacial score (nSPS) is 14.6. The second-order valence-corrected chi connectivity index (χ2v) is 3.67. The van der Waals surface area contributed by atoms with Crippen LogP contribution in [0, 0.1) is 0 Å². The van der Waals surface area contributed by atoms with Gasteiger partial charge in [0.05, 0.1) is 13.1 Å². The van der Waals surface area contributed by atoms with E-state index in [1.807, 2.05) is 0 Å². The molecule has 0 aliphatic carbocycles. The molecule has 16 heavy (non-hydrogen) atoms. The van der Waals surface area contributed by atoms with Crippen LogP contribution in [-0.2, 0) is 24.4 Å². The van der Waals surface area contributed by atoms with Gasteiger partial charge in [-0.15, -0.1) is 0 Å². The van der Waals surface area contributed by atoms with Gasteiger partial charge in [-0.2, -0.15) is 5.10 Å². The van der Waals surface area contributed by atoms with E-state index in [2.05, 4.69) is 15.7 Å². The van der Waals surface area contributed by atoms with Crippen LogP contribution in [0.15, 0.2) is 4.79 Å². The molecule has 2 N–H and O–H groups in total. The average molecular weight is 225 g/mol. The maximum absolute atomic E-state index is 11.8. The second kappa shape index (κ2) is 4.48. The van der Waals surface area contributed by atoms with Crippen LogP contribution in [0.1, 0.15) is 12.2 Å². The van der Waals surface area contributed by atoms with Crippen LogP contribution in [-0.4, -0.2) is 33.8 Å². The van der Waals surface area contributed by atoms with E-state index in [9.17, 15) is 9.59 Å². The number of carbonyl (C=O) groups excluding carboxylic acids is 1. The quantitative estimate of drug-likeness (QED) is 0.641. The number of carbonyl (C=O) groups is 1. The number of amides is 1. The summed E-state index contributed by atoms with van der Waals surface area (Å²) in [4.78, 5) is 22.9. The first-order chi connectivity index (χ1) is 7.72. The van der Waals surface area contributed by atoms with Crippen LogP contribution < -0.4 is 16.3 Å². The lowest BCUT2D eigenvalue weighted by Crippen LogP contribution is -2.34. The topological polar surface area (TPSA) is 81.0 Å². The van der Waals surface area contributed by atoms with Gasteiger partial charge in [0.15, 0.2) is 0 Å². The lowest BCUT2D eigenvalue weighted by molar-refractivity contribution is -0.120. The maximum Gasteiger partial charge on any atom is 0.346 e. The van der Waals surface area contributed by atoms with Gasteiger partial charge >= 0.3 is 5.69 Å². The Bertz CT molecular complexity index is 447. The van der Waals surface area contributed by atoms with E-state index >= 15 is 0 Å². The van der Waals surface area contributed by atoms with Crippen LogP contribution in [0.5, 0.6) is 0 Å². The first-order valence-electron chi connectivity index (χ1n) is 5.30. The van der Waals surface area contributed by atoms with Gasteiger partial charge in [0, 0.05) is 26.6 Å². The Morgan fingerprint density at radius 1 is 1.62 bits per heavy atom. The standard InChI is InChI=1S/C9H15N5O2/c1-10-8(15)2-4-14-9(16)13-5-3-11-6-7(13)12-14/h11H,2-6H2,1H3,(H,10,15). The summed E-state index contributed by atoms with van der Waals surface area (Å²) in [6, 6.07) is 0. The molecule has 0 unspecified atom stereocenters. The largest absolute Gasteiger partial charge is 0.359 e. The van der Waals surface area contributed by atoms with Crippen molar-refractivity contribution < 1.29 is 4.79 Å². The average Bonchev–Trinajstić information content (AvgIpc) is 2.64. The van der Waals surface area contributed by atoms with Gasteiger partial charge in [-0.25, -0.2) is 9.48 Å². The maximum atomic E-state index is 11.8. The van der Waals surface area contributed by atoms with Gasteiger partial charge < -0.3 is 10.6 Å². The summed E-state index contributed by atoms with van der Waals surface area (Å²) in [7, 11) is 1.58. The van der Waals surface area contributed by atoms with E-state index < -0.39 is 0 Å². The minimum atomic E-state index is -0.125. The molecule has 0 aromatic carbocycles. The summed E-state index contributed by atoms with van der Waals surface area (Å²) in [5, 5.41) is 9.84. The molecule has 0 radical (unpaired) electrons. The molecule has 2 rings (SSSR count).